The summed E-state index contributed by atoms with van der Waals surface area (Å²) in [7, 11) is 0. The van der Waals surface area contributed by atoms with Crippen LogP contribution in [-0.2, 0) is 19.3 Å². The number of nitrogens with one attached hydrogen (secondary N) is 1. The molecule has 0 amide bonds. The van der Waals surface area contributed by atoms with Gasteiger partial charge in [-0.05, 0) is 42.0 Å². The van der Waals surface area contributed by atoms with Gasteiger partial charge >= 0.3 is 0 Å². The summed E-state index contributed by atoms with van der Waals surface area (Å²) in [6.45, 7) is 5.52. The first-order valence-electron chi connectivity index (χ1n) is 6.48. The van der Waals surface area contributed by atoms with E-state index in [0.29, 0.717) is 6.04 Å². The van der Waals surface area contributed by atoms with Crippen LogP contribution in [-0.4, -0.2) is 19.2 Å². The predicted octanol–water partition coefficient (Wildman–Crippen LogP) is 2.68. The van der Waals surface area contributed by atoms with Gasteiger partial charge in [-0.1, -0.05) is 12.1 Å². The van der Waals surface area contributed by atoms with Gasteiger partial charge in [0.05, 0.1) is 6.61 Å². The zero-order valence-electron chi connectivity index (χ0n) is 10.6. The molecule has 1 atom stereocenters. The van der Waals surface area contributed by atoms with Gasteiger partial charge < -0.3 is 10.1 Å². The molecule has 1 aliphatic heterocycles. The standard InChI is InChI=1S/C15H19NO.ClH/c1-2-6-16-14-4-3-11-8-12-5-7-17-15(12)10-13(11)9-14;/h2,8,10,14,16H,1,3-7,9H2;1H. The van der Waals surface area contributed by atoms with E-state index in [4.69, 9.17) is 4.74 Å². The third-order valence-corrected chi connectivity index (χ3v) is 3.79. The number of benzene rings is 1. The Labute approximate surface area is 115 Å². The van der Waals surface area contributed by atoms with E-state index in [1.165, 1.54) is 29.5 Å². The Hall–Kier alpha value is -0.990. The first-order valence-corrected chi connectivity index (χ1v) is 6.48. The van der Waals surface area contributed by atoms with E-state index < -0.39 is 0 Å². The van der Waals surface area contributed by atoms with Gasteiger partial charge in [-0.25, -0.2) is 0 Å². The molecule has 0 aromatic heterocycles. The van der Waals surface area contributed by atoms with Crippen LogP contribution in [0, 0.1) is 0 Å². The lowest BCUT2D eigenvalue weighted by molar-refractivity contribution is 0.356. The van der Waals surface area contributed by atoms with Crippen molar-refractivity contribution in [1.82, 2.24) is 5.32 Å². The second-order valence-corrected chi connectivity index (χ2v) is 4.96. The van der Waals surface area contributed by atoms with Crippen molar-refractivity contribution in [3.63, 3.8) is 0 Å². The fourth-order valence-electron chi connectivity index (χ4n) is 2.86. The number of rotatable bonds is 3. The molecule has 1 heterocycles. The Kier molecular flexibility index (Phi) is 4.31. The van der Waals surface area contributed by atoms with Crippen LogP contribution in [0.25, 0.3) is 0 Å². The van der Waals surface area contributed by atoms with Crippen LogP contribution in [0.5, 0.6) is 5.75 Å². The molecule has 3 heteroatoms. The van der Waals surface area contributed by atoms with Gasteiger partial charge in [0.1, 0.15) is 5.75 Å². The highest BCUT2D eigenvalue weighted by atomic mass is 35.5. The number of halogens is 1. The highest BCUT2D eigenvalue weighted by Gasteiger charge is 2.22. The highest BCUT2D eigenvalue weighted by Crippen LogP contribution is 2.32. The molecular formula is C15H20ClNO. The van der Waals surface area contributed by atoms with Gasteiger partial charge in [-0.2, -0.15) is 0 Å². The molecule has 1 unspecified atom stereocenters. The van der Waals surface area contributed by atoms with Crippen molar-refractivity contribution in [2.24, 2.45) is 0 Å². The molecule has 1 N–H and O–H groups in total. The Bertz CT molecular complexity index is 444. The van der Waals surface area contributed by atoms with Crippen molar-refractivity contribution in [3.8, 4) is 5.75 Å². The summed E-state index contributed by atoms with van der Waals surface area (Å²) in [4.78, 5) is 0. The molecule has 0 spiro atoms. The minimum absolute atomic E-state index is 0. The van der Waals surface area contributed by atoms with Crippen molar-refractivity contribution in [3.05, 3.63) is 41.5 Å². The van der Waals surface area contributed by atoms with Gasteiger partial charge in [0.2, 0.25) is 0 Å². The van der Waals surface area contributed by atoms with E-state index in [0.717, 1.165) is 31.7 Å². The molecule has 18 heavy (non-hydrogen) atoms. The molecule has 98 valence electrons. The lowest BCUT2D eigenvalue weighted by atomic mass is 9.86. The molecule has 0 saturated carbocycles. The monoisotopic (exact) mass is 265 g/mol. The summed E-state index contributed by atoms with van der Waals surface area (Å²) in [5.41, 5.74) is 4.41. The summed E-state index contributed by atoms with van der Waals surface area (Å²) < 4.78 is 5.64. The van der Waals surface area contributed by atoms with Crippen LogP contribution in [0.3, 0.4) is 0 Å². The van der Waals surface area contributed by atoms with Crippen LogP contribution in [0.4, 0.5) is 0 Å². The van der Waals surface area contributed by atoms with Crippen LogP contribution in [0.1, 0.15) is 23.1 Å². The molecule has 0 bridgehead atoms. The van der Waals surface area contributed by atoms with Gasteiger partial charge in [-0.15, -0.1) is 19.0 Å². The molecule has 2 nitrogen and oxygen atoms in total. The van der Waals surface area contributed by atoms with Gasteiger partial charge in [-0.3, -0.25) is 0 Å². The lowest BCUT2D eigenvalue weighted by Gasteiger charge is -2.25. The maximum absolute atomic E-state index is 5.64. The third kappa shape index (κ3) is 2.55. The Morgan fingerprint density at radius 1 is 1.28 bits per heavy atom. The van der Waals surface area contributed by atoms with Crippen LogP contribution in [0.2, 0.25) is 0 Å². The molecule has 0 fully saturated rings. The second kappa shape index (κ2) is 5.77. The molecule has 3 rings (SSSR count). The fraction of sp³-hybridized carbons (Fsp3) is 0.467. The second-order valence-electron chi connectivity index (χ2n) is 4.96. The lowest BCUT2D eigenvalue weighted by Crippen LogP contribution is -2.34. The number of ether oxygens (including phenoxy) is 1. The molecule has 0 radical (unpaired) electrons. The molecule has 1 aromatic rings. The minimum Gasteiger partial charge on any atom is -0.493 e. The van der Waals surface area contributed by atoms with Crippen LogP contribution in [0.15, 0.2) is 24.8 Å². The zero-order chi connectivity index (χ0) is 11.7. The highest BCUT2D eigenvalue weighted by molar-refractivity contribution is 5.85. The van der Waals surface area contributed by atoms with E-state index >= 15 is 0 Å². The SMILES string of the molecule is C=CCNC1CCc2cc3c(cc2C1)OCC3.Cl. The Morgan fingerprint density at radius 2 is 2.17 bits per heavy atom. The van der Waals surface area contributed by atoms with E-state index in [9.17, 15) is 0 Å². The fourth-order valence-corrected chi connectivity index (χ4v) is 2.86. The smallest absolute Gasteiger partial charge is 0.122 e. The van der Waals surface area contributed by atoms with Gasteiger partial charge in [0.25, 0.3) is 0 Å². The minimum atomic E-state index is 0. The molecule has 1 aromatic carbocycles. The number of aryl methyl sites for hydroxylation is 1. The quantitative estimate of drug-likeness (QED) is 0.849. The Balaban J connectivity index is 0.00000120. The molecule has 1 aliphatic carbocycles. The number of hydrogen-bond acceptors (Lipinski definition) is 2. The topological polar surface area (TPSA) is 21.3 Å². The number of hydrogen-bond donors (Lipinski definition) is 1. The average molecular weight is 266 g/mol. The summed E-state index contributed by atoms with van der Waals surface area (Å²) >= 11 is 0. The van der Waals surface area contributed by atoms with E-state index in [-0.39, 0.29) is 12.4 Å². The molecule has 2 aliphatic rings. The maximum Gasteiger partial charge on any atom is 0.122 e. The first kappa shape index (κ1) is 13.4. The zero-order valence-corrected chi connectivity index (χ0v) is 11.4. The first-order chi connectivity index (χ1) is 8.36. The summed E-state index contributed by atoms with van der Waals surface area (Å²) in [5, 5.41) is 3.52. The van der Waals surface area contributed by atoms with E-state index in [2.05, 4.69) is 24.0 Å². The van der Waals surface area contributed by atoms with Crippen molar-refractivity contribution in [1.29, 1.82) is 0 Å². The Morgan fingerprint density at radius 3 is 3.00 bits per heavy atom. The molecular weight excluding hydrogens is 246 g/mol. The predicted molar refractivity (Wildman–Crippen MR) is 76.9 cm³/mol. The van der Waals surface area contributed by atoms with E-state index in [1.807, 2.05) is 6.08 Å². The average Bonchev–Trinajstić information content (AvgIpc) is 2.80. The summed E-state index contributed by atoms with van der Waals surface area (Å²) in [6.07, 6.45) is 6.57. The van der Waals surface area contributed by atoms with Crippen LogP contribution >= 0.6 is 12.4 Å². The third-order valence-electron chi connectivity index (χ3n) is 3.79. The molecule has 0 saturated heterocycles. The van der Waals surface area contributed by atoms with Crippen molar-refractivity contribution >= 4 is 12.4 Å². The van der Waals surface area contributed by atoms with Crippen molar-refractivity contribution in [2.75, 3.05) is 13.2 Å². The van der Waals surface area contributed by atoms with Crippen molar-refractivity contribution < 1.29 is 4.74 Å². The normalized spacial score (nSPS) is 20.3. The van der Waals surface area contributed by atoms with Gasteiger partial charge in [0, 0.05) is 19.0 Å². The summed E-state index contributed by atoms with van der Waals surface area (Å²) in [6, 6.07) is 5.22. The maximum atomic E-state index is 5.64. The van der Waals surface area contributed by atoms with Crippen molar-refractivity contribution in [2.45, 2.75) is 31.7 Å². The van der Waals surface area contributed by atoms with Crippen LogP contribution < -0.4 is 10.1 Å². The largest absolute Gasteiger partial charge is 0.493 e. The van der Waals surface area contributed by atoms with Gasteiger partial charge in [0.15, 0.2) is 0 Å². The van der Waals surface area contributed by atoms with E-state index in [1.54, 1.807) is 0 Å². The number of fused-ring (bicyclic) bond motifs is 2. The summed E-state index contributed by atoms with van der Waals surface area (Å²) in [5.74, 6) is 1.12.